The van der Waals surface area contributed by atoms with E-state index in [0.717, 1.165) is 11.1 Å². The number of anilines is 1. The molecule has 1 aliphatic rings. The van der Waals surface area contributed by atoms with Crippen LogP contribution in [0.4, 0.5) is 5.69 Å². The molecule has 0 aliphatic heterocycles. The number of hydrogen-bond donors (Lipinski definition) is 2. The molecule has 1 aromatic carbocycles. The highest BCUT2D eigenvalue weighted by Gasteiger charge is 2.26. The number of rotatable bonds is 9. The van der Waals surface area contributed by atoms with Crippen LogP contribution in [-0.4, -0.2) is 17.0 Å². The predicted molar refractivity (Wildman–Crippen MR) is 143 cm³/mol. The van der Waals surface area contributed by atoms with Gasteiger partial charge in [0.25, 0.3) is 0 Å². The quantitative estimate of drug-likeness (QED) is 0.126. The van der Waals surface area contributed by atoms with Gasteiger partial charge in [-0.05, 0) is 75.1 Å². The first kappa shape index (κ1) is 27.9. The van der Waals surface area contributed by atoms with Crippen LogP contribution >= 0.6 is 0 Å². The third-order valence-electron chi connectivity index (χ3n) is 6.04. The molecule has 0 atom stereocenters. The minimum absolute atomic E-state index is 0.0260. The van der Waals surface area contributed by atoms with E-state index in [1.54, 1.807) is 6.07 Å². The summed E-state index contributed by atoms with van der Waals surface area (Å²) in [4.78, 5) is 24.1. The third kappa shape index (κ3) is 9.08. The van der Waals surface area contributed by atoms with Crippen LogP contribution in [0.25, 0.3) is 0 Å². The zero-order valence-corrected chi connectivity index (χ0v) is 21.9. The number of allylic oxidation sites excluding steroid dienone is 9. The lowest BCUT2D eigenvalue weighted by Gasteiger charge is -2.32. The van der Waals surface area contributed by atoms with E-state index in [1.807, 2.05) is 32.1 Å². The largest absolute Gasteiger partial charge is 0.504 e. The van der Waals surface area contributed by atoms with Crippen LogP contribution in [0.15, 0.2) is 76.9 Å². The highest BCUT2D eigenvalue weighted by atomic mass is 16.5. The summed E-state index contributed by atoms with van der Waals surface area (Å²) in [5.74, 6) is -0.874. The van der Waals surface area contributed by atoms with Crippen LogP contribution < -0.4 is 10.1 Å². The van der Waals surface area contributed by atoms with Gasteiger partial charge in [-0.15, -0.1) is 0 Å². The van der Waals surface area contributed by atoms with Crippen molar-refractivity contribution in [3.05, 3.63) is 76.9 Å². The summed E-state index contributed by atoms with van der Waals surface area (Å²) in [6.45, 7) is 12.6. The van der Waals surface area contributed by atoms with E-state index in [-0.39, 0.29) is 29.2 Å². The lowest BCUT2D eigenvalue weighted by atomic mass is 9.72. The molecule has 5 nitrogen and oxygen atoms in total. The smallest absolute Gasteiger partial charge is 0.311 e. The van der Waals surface area contributed by atoms with Crippen LogP contribution in [0.5, 0.6) is 11.5 Å². The Morgan fingerprint density at radius 3 is 2.60 bits per heavy atom. The number of esters is 1. The fourth-order valence-corrected chi connectivity index (χ4v) is 4.12. The fraction of sp³-hybridized carbons (Fsp3) is 0.400. The predicted octanol–water partition coefficient (Wildman–Crippen LogP) is 7.57. The molecule has 0 saturated carbocycles. The van der Waals surface area contributed by atoms with Crippen molar-refractivity contribution >= 4 is 17.6 Å². The van der Waals surface area contributed by atoms with Crippen LogP contribution in [0, 0.1) is 5.41 Å². The van der Waals surface area contributed by atoms with Gasteiger partial charge in [0.2, 0.25) is 5.91 Å². The van der Waals surface area contributed by atoms with E-state index < -0.39 is 5.97 Å². The minimum atomic E-state index is -0.431. The summed E-state index contributed by atoms with van der Waals surface area (Å²) in [7, 11) is 0. The van der Waals surface area contributed by atoms with E-state index in [1.165, 1.54) is 48.6 Å². The van der Waals surface area contributed by atoms with E-state index in [2.05, 4.69) is 45.2 Å². The fourth-order valence-electron chi connectivity index (χ4n) is 4.12. The number of carbonyl (C=O) groups excluding carboxylic acids is 2. The molecular weight excluding hydrogens is 438 g/mol. The summed E-state index contributed by atoms with van der Waals surface area (Å²) >= 11 is 0. The Balaban J connectivity index is 1.99. The number of ether oxygens (including phenoxy) is 1. The molecule has 0 radical (unpaired) electrons. The highest BCUT2D eigenvalue weighted by Crippen LogP contribution is 2.40. The summed E-state index contributed by atoms with van der Waals surface area (Å²) in [5.41, 5.74) is 5.48. The number of benzene rings is 1. The van der Waals surface area contributed by atoms with E-state index in [4.69, 9.17) is 4.74 Å². The molecule has 0 aromatic heterocycles. The SMILES string of the molecule is CCCC(=O)Oc1cc(NC(=O)C=C(C)C=CC=C(C)C=CC2=C(C)CCCC2(C)C)ccc1O. The van der Waals surface area contributed by atoms with Crippen LogP contribution in [0.2, 0.25) is 0 Å². The lowest BCUT2D eigenvalue weighted by molar-refractivity contribution is -0.134. The van der Waals surface area contributed by atoms with Gasteiger partial charge in [-0.1, -0.05) is 62.3 Å². The minimum Gasteiger partial charge on any atom is -0.504 e. The molecule has 2 N–H and O–H groups in total. The third-order valence-corrected chi connectivity index (χ3v) is 6.04. The lowest BCUT2D eigenvalue weighted by Crippen LogP contribution is -2.19. The van der Waals surface area contributed by atoms with Gasteiger partial charge in [0.15, 0.2) is 11.5 Å². The van der Waals surface area contributed by atoms with E-state index in [9.17, 15) is 14.7 Å². The number of phenolic OH excluding ortho intramolecular Hbond substituents is 1. The number of hydrogen-bond acceptors (Lipinski definition) is 4. The van der Waals surface area contributed by atoms with Crippen molar-refractivity contribution in [3.63, 3.8) is 0 Å². The van der Waals surface area contributed by atoms with Crippen molar-refractivity contribution < 1.29 is 19.4 Å². The standard InChI is InChI=1S/C30H39NO4/c1-7-10-29(34)35-27-20-24(15-17-26(27)32)31-28(33)19-22(3)12-8-11-21(2)14-16-25-23(4)13-9-18-30(25,5)6/h8,11-12,14-17,19-20,32H,7,9-10,13,18H2,1-6H3,(H,31,33). The summed E-state index contributed by atoms with van der Waals surface area (Å²) in [5, 5.41) is 12.6. The number of phenols is 1. The van der Waals surface area contributed by atoms with Gasteiger partial charge < -0.3 is 15.2 Å². The molecule has 0 bridgehead atoms. The molecule has 0 spiro atoms. The summed E-state index contributed by atoms with van der Waals surface area (Å²) in [6.07, 6.45) is 16.3. The first-order chi connectivity index (χ1) is 16.5. The normalized spacial score (nSPS) is 16.7. The number of carbonyl (C=O) groups is 2. The molecule has 0 saturated heterocycles. The van der Waals surface area contributed by atoms with Gasteiger partial charge in [-0.2, -0.15) is 0 Å². The second-order valence-corrected chi connectivity index (χ2v) is 9.82. The Morgan fingerprint density at radius 1 is 1.17 bits per heavy atom. The average Bonchev–Trinajstić information content (AvgIpc) is 2.75. The molecule has 35 heavy (non-hydrogen) atoms. The van der Waals surface area contributed by atoms with Crippen LogP contribution in [0.1, 0.15) is 73.6 Å². The zero-order valence-electron chi connectivity index (χ0n) is 21.9. The Labute approximate surface area is 210 Å². The molecule has 2 rings (SSSR count). The molecule has 188 valence electrons. The average molecular weight is 478 g/mol. The molecular formula is C30H39NO4. The Bertz CT molecular complexity index is 1080. The van der Waals surface area contributed by atoms with Gasteiger partial charge in [-0.3, -0.25) is 9.59 Å². The monoisotopic (exact) mass is 477 g/mol. The Kier molecular flexibility index (Phi) is 10.3. The van der Waals surface area contributed by atoms with Crippen molar-refractivity contribution in [1.29, 1.82) is 0 Å². The molecule has 1 aromatic rings. The van der Waals surface area contributed by atoms with Crippen molar-refractivity contribution in [1.82, 2.24) is 0 Å². The maximum atomic E-state index is 12.4. The first-order valence-electron chi connectivity index (χ1n) is 12.3. The molecule has 1 aliphatic carbocycles. The van der Waals surface area contributed by atoms with Crippen molar-refractivity contribution in [2.45, 2.75) is 73.6 Å². The maximum Gasteiger partial charge on any atom is 0.311 e. The Morgan fingerprint density at radius 2 is 1.91 bits per heavy atom. The van der Waals surface area contributed by atoms with Crippen LogP contribution in [-0.2, 0) is 9.59 Å². The second kappa shape index (κ2) is 12.9. The van der Waals surface area contributed by atoms with E-state index in [0.29, 0.717) is 12.1 Å². The number of amides is 1. The molecule has 0 fully saturated rings. The molecule has 0 unspecified atom stereocenters. The summed E-state index contributed by atoms with van der Waals surface area (Å²) < 4.78 is 5.16. The van der Waals surface area contributed by atoms with Crippen molar-refractivity contribution in [2.75, 3.05) is 5.32 Å². The highest BCUT2D eigenvalue weighted by molar-refractivity contribution is 6.00. The molecule has 5 heteroatoms. The molecule has 0 heterocycles. The second-order valence-electron chi connectivity index (χ2n) is 9.82. The van der Waals surface area contributed by atoms with Gasteiger partial charge >= 0.3 is 5.97 Å². The van der Waals surface area contributed by atoms with Gasteiger partial charge in [0, 0.05) is 24.3 Å². The topological polar surface area (TPSA) is 75.6 Å². The van der Waals surface area contributed by atoms with Crippen molar-refractivity contribution in [2.24, 2.45) is 5.41 Å². The maximum absolute atomic E-state index is 12.4. The van der Waals surface area contributed by atoms with Gasteiger partial charge in [0.05, 0.1) is 0 Å². The number of aromatic hydroxyl groups is 1. The first-order valence-corrected chi connectivity index (χ1v) is 12.3. The number of nitrogens with one attached hydrogen (secondary N) is 1. The van der Waals surface area contributed by atoms with Crippen molar-refractivity contribution in [3.8, 4) is 11.5 Å². The van der Waals surface area contributed by atoms with Gasteiger partial charge in [-0.25, -0.2) is 0 Å². The van der Waals surface area contributed by atoms with Crippen LogP contribution in [0.3, 0.4) is 0 Å². The zero-order chi connectivity index (χ0) is 26.0. The van der Waals surface area contributed by atoms with Gasteiger partial charge in [0.1, 0.15) is 0 Å². The van der Waals surface area contributed by atoms with E-state index >= 15 is 0 Å². The molecule has 1 amide bonds. The Hall–Kier alpha value is -3.34. The summed E-state index contributed by atoms with van der Waals surface area (Å²) in [6, 6.07) is 4.36.